The minimum Gasteiger partial charge on any atom is -0.465 e. The Morgan fingerprint density at radius 1 is 1.07 bits per heavy atom. The van der Waals surface area contributed by atoms with Crippen LogP contribution in [0.25, 0.3) is 0 Å². The van der Waals surface area contributed by atoms with Crippen molar-refractivity contribution in [1.29, 1.82) is 0 Å². The first kappa shape index (κ1) is 20.4. The van der Waals surface area contributed by atoms with Crippen molar-refractivity contribution >= 4 is 17.7 Å². The van der Waals surface area contributed by atoms with Gasteiger partial charge in [-0.25, -0.2) is 9.78 Å². The molecule has 0 spiro atoms. The van der Waals surface area contributed by atoms with Crippen molar-refractivity contribution in [3.05, 3.63) is 92.9 Å². The number of aryl methyl sites for hydroxylation is 2. The fraction of sp³-hybridized carbons (Fsp3) is 0.292. The van der Waals surface area contributed by atoms with E-state index in [1.165, 1.54) is 12.7 Å². The summed E-state index contributed by atoms with van der Waals surface area (Å²) in [6.45, 7) is 0.439. The van der Waals surface area contributed by atoms with E-state index in [2.05, 4.69) is 12.1 Å². The minimum atomic E-state index is -0.366. The zero-order valence-electron chi connectivity index (χ0n) is 17.0. The Morgan fingerprint density at radius 2 is 1.83 bits per heavy atom. The average Bonchev–Trinajstić information content (AvgIpc) is 3.26. The number of methoxy groups -OCH3 is 1. The summed E-state index contributed by atoms with van der Waals surface area (Å²) >= 11 is 1.63. The molecule has 1 aromatic heterocycles. The number of aromatic nitrogens is 2. The molecule has 0 unspecified atom stereocenters. The third-order valence-electron chi connectivity index (χ3n) is 5.33. The van der Waals surface area contributed by atoms with Gasteiger partial charge >= 0.3 is 5.97 Å². The van der Waals surface area contributed by atoms with Crippen LogP contribution in [0, 0.1) is 0 Å². The maximum atomic E-state index is 13.2. The van der Waals surface area contributed by atoms with Gasteiger partial charge in [-0.3, -0.25) is 9.36 Å². The topological polar surface area (TPSA) is 61.2 Å². The van der Waals surface area contributed by atoms with Crippen LogP contribution in [0.15, 0.2) is 64.5 Å². The molecule has 154 valence electrons. The van der Waals surface area contributed by atoms with Gasteiger partial charge < -0.3 is 4.74 Å². The molecule has 4 rings (SSSR count). The summed E-state index contributed by atoms with van der Waals surface area (Å²) in [7, 11) is 1.37. The SMILES string of the molecule is COC(=O)c1ccc(Cn2c(SCCc3ccccc3)nc3c(c2=O)CCC3)cc1. The maximum absolute atomic E-state index is 13.2. The summed E-state index contributed by atoms with van der Waals surface area (Å²) in [5, 5.41) is 0.772. The average molecular weight is 421 g/mol. The highest BCUT2D eigenvalue weighted by molar-refractivity contribution is 7.99. The molecule has 2 aromatic carbocycles. The van der Waals surface area contributed by atoms with Gasteiger partial charge in [-0.15, -0.1) is 0 Å². The zero-order chi connectivity index (χ0) is 20.9. The number of esters is 1. The first-order valence-electron chi connectivity index (χ1n) is 10.1. The summed E-state index contributed by atoms with van der Waals surface area (Å²) in [5.41, 5.74) is 4.61. The van der Waals surface area contributed by atoms with E-state index in [1.807, 2.05) is 30.3 Å². The van der Waals surface area contributed by atoms with Gasteiger partial charge in [0.1, 0.15) is 0 Å². The van der Waals surface area contributed by atoms with Crippen LogP contribution in [0.1, 0.15) is 39.2 Å². The van der Waals surface area contributed by atoms with Crippen LogP contribution in [0.5, 0.6) is 0 Å². The van der Waals surface area contributed by atoms with Crippen LogP contribution in [-0.4, -0.2) is 28.4 Å². The quantitative estimate of drug-likeness (QED) is 0.330. The number of hydrogen-bond donors (Lipinski definition) is 0. The van der Waals surface area contributed by atoms with Gasteiger partial charge in [0.25, 0.3) is 5.56 Å². The van der Waals surface area contributed by atoms with E-state index in [9.17, 15) is 9.59 Å². The second-order valence-corrected chi connectivity index (χ2v) is 8.40. The van der Waals surface area contributed by atoms with Crippen molar-refractivity contribution in [3.8, 4) is 0 Å². The molecule has 1 aliphatic rings. The standard InChI is InChI=1S/C24H24N2O3S/c1-29-23(28)19-12-10-18(11-13-19)16-26-22(27)20-8-5-9-21(20)25-24(26)30-15-14-17-6-3-2-4-7-17/h2-4,6-7,10-13H,5,8-9,14-16H2,1H3. The van der Waals surface area contributed by atoms with Gasteiger partial charge in [0, 0.05) is 11.3 Å². The predicted molar refractivity (Wildman–Crippen MR) is 118 cm³/mol. The number of benzene rings is 2. The highest BCUT2D eigenvalue weighted by atomic mass is 32.2. The van der Waals surface area contributed by atoms with Crippen molar-refractivity contribution in [2.75, 3.05) is 12.9 Å². The fourth-order valence-electron chi connectivity index (χ4n) is 3.71. The third kappa shape index (κ3) is 4.49. The van der Waals surface area contributed by atoms with Crippen LogP contribution in [-0.2, 0) is 30.5 Å². The third-order valence-corrected chi connectivity index (χ3v) is 6.31. The molecule has 0 fully saturated rings. The molecular weight excluding hydrogens is 396 g/mol. The number of thioether (sulfide) groups is 1. The molecule has 3 aromatic rings. The van der Waals surface area contributed by atoms with Crippen molar-refractivity contribution in [2.24, 2.45) is 0 Å². The van der Waals surface area contributed by atoms with Crippen LogP contribution in [0.3, 0.4) is 0 Å². The normalized spacial score (nSPS) is 12.6. The summed E-state index contributed by atoms with van der Waals surface area (Å²) < 4.78 is 6.54. The van der Waals surface area contributed by atoms with Gasteiger partial charge in [-0.05, 0) is 48.9 Å². The van der Waals surface area contributed by atoms with Crippen molar-refractivity contribution in [2.45, 2.75) is 37.4 Å². The molecule has 30 heavy (non-hydrogen) atoms. The van der Waals surface area contributed by atoms with Crippen LogP contribution in [0.2, 0.25) is 0 Å². The van der Waals surface area contributed by atoms with Gasteiger partial charge in [-0.2, -0.15) is 0 Å². The molecule has 0 radical (unpaired) electrons. The summed E-state index contributed by atoms with van der Waals surface area (Å²) in [6, 6.07) is 17.5. The lowest BCUT2D eigenvalue weighted by Gasteiger charge is -2.14. The first-order chi connectivity index (χ1) is 14.7. The van der Waals surface area contributed by atoms with Gasteiger partial charge in [0.2, 0.25) is 0 Å². The lowest BCUT2D eigenvalue weighted by atomic mass is 10.1. The highest BCUT2D eigenvalue weighted by Crippen LogP contribution is 2.23. The zero-order valence-corrected chi connectivity index (χ0v) is 17.8. The molecule has 1 aliphatic carbocycles. The molecule has 1 heterocycles. The van der Waals surface area contributed by atoms with Crippen LogP contribution in [0.4, 0.5) is 0 Å². The lowest BCUT2D eigenvalue weighted by Crippen LogP contribution is -2.27. The number of rotatable bonds is 7. The van der Waals surface area contributed by atoms with E-state index < -0.39 is 0 Å². The Kier molecular flexibility index (Phi) is 6.33. The molecule has 0 aliphatic heterocycles. The second kappa shape index (κ2) is 9.30. The number of ether oxygens (including phenoxy) is 1. The van der Waals surface area contributed by atoms with Crippen molar-refractivity contribution in [3.63, 3.8) is 0 Å². The van der Waals surface area contributed by atoms with E-state index in [0.717, 1.165) is 53.4 Å². The predicted octanol–water partition coefficient (Wildman–Crippen LogP) is 3.90. The molecule has 5 nitrogen and oxygen atoms in total. The van der Waals surface area contributed by atoms with E-state index in [0.29, 0.717) is 12.1 Å². The molecule has 0 N–H and O–H groups in total. The summed E-state index contributed by atoms with van der Waals surface area (Å²) in [4.78, 5) is 29.7. The summed E-state index contributed by atoms with van der Waals surface area (Å²) in [6.07, 6.45) is 3.60. The van der Waals surface area contributed by atoms with Gasteiger partial charge in [0.15, 0.2) is 5.16 Å². The Hall–Kier alpha value is -2.86. The van der Waals surface area contributed by atoms with E-state index in [4.69, 9.17) is 9.72 Å². The fourth-order valence-corrected chi connectivity index (χ4v) is 4.71. The Morgan fingerprint density at radius 3 is 2.57 bits per heavy atom. The number of nitrogens with zero attached hydrogens (tertiary/aromatic N) is 2. The van der Waals surface area contributed by atoms with E-state index in [1.54, 1.807) is 28.5 Å². The summed E-state index contributed by atoms with van der Waals surface area (Å²) in [5.74, 6) is 0.492. The van der Waals surface area contributed by atoms with Crippen molar-refractivity contribution < 1.29 is 9.53 Å². The maximum Gasteiger partial charge on any atom is 0.337 e. The molecule has 6 heteroatoms. The Balaban J connectivity index is 1.57. The number of hydrogen-bond acceptors (Lipinski definition) is 5. The van der Waals surface area contributed by atoms with E-state index in [-0.39, 0.29) is 11.5 Å². The molecular formula is C24H24N2O3S. The highest BCUT2D eigenvalue weighted by Gasteiger charge is 2.21. The van der Waals surface area contributed by atoms with Crippen LogP contribution >= 0.6 is 11.8 Å². The Bertz CT molecular complexity index is 1090. The minimum absolute atomic E-state index is 0.0664. The van der Waals surface area contributed by atoms with E-state index >= 15 is 0 Å². The largest absolute Gasteiger partial charge is 0.465 e. The smallest absolute Gasteiger partial charge is 0.337 e. The molecule has 0 saturated heterocycles. The van der Waals surface area contributed by atoms with Crippen molar-refractivity contribution in [1.82, 2.24) is 9.55 Å². The number of carbonyl (C=O) groups excluding carboxylic acids is 1. The van der Waals surface area contributed by atoms with Gasteiger partial charge in [0.05, 0.1) is 24.9 Å². The number of fused-ring (bicyclic) bond motifs is 1. The molecule has 0 bridgehead atoms. The van der Waals surface area contributed by atoms with Crippen LogP contribution < -0.4 is 5.56 Å². The lowest BCUT2D eigenvalue weighted by molar-refractivity contribution is 0.0600. The molecule has 0 amide bonds. The molecule has 0 saturated carbocycles. The first-order valence-corrected chi connectivity index (χ1v) is 11.1. The monoisotopic (exact) mass is 420 g/mol. The van der Waals surface area contributed by atoms with Gasteiger partial charge in [-0.1, -0.05) is 54.2 Å². The number of carbonyl (C=O) groups is 1. The molecule has 0 atom stereocenters. The Labute approximate surface area is 180 Å². The second-order valence-electron chi connectivity index (χ2n) is 7.34.